The van der Waals surface area contributed by atoms with Gasteiger partial charge in [-0.3, -0.25) is 0 Å². The first-order valence-electron chi connectivity index (χ1n) is 5.72. The number of rotatable bonds is 2. The van der Waals surface area contributed by atoms with Crippen LogP contribution in [0.2, 0.25) is 10.0 Å². The van der Waals surface area contributed by atoms with E-state index in [1.165, 1.54) is 0 Å². The zero-order valence-corrected chi connectivity index (χ0v) is 12.0. The van der Waals surface area contributed by atoms with Gasteiger partial charge in [-0.05, 0) is 43.7 Å². The molecule has 0 bridgehead atoms. The third-order valence-corrected chi connectivity index (χ3v) is 3.65. The Balaban J connectivity index is 2.24. The molecule has 0 unspecified atom stereocenters. The summed E-state index contributed by atoms with van der Waals surface area (Å²) in [7, 11) is 0. The van der Waals surface area contributed by atoms with Crippen LogP contribution in [0, 0.1) is 13.8 Å². The Morgan fingerprint density at radius 2 is 1.63 bits per heavy atom. The number of ether oxygens (including phenoxy) is 1. The number of aryl methyl sites for hydroxylation is 1. The summed E-state index contributed by atoms with van der Waals surface area (Å²) in [6.45, 7) is 3.72. The van der Waals surface area contributed by atoms with Crippen LogP contribution in [-0.4, -0.2) is 5.97 Å². The Morgan fingerprint density at radius 3 is 2.26 bits per heavy atom. The van der Waals surface area contributed by atoms with E-state index in [2.05, 4.69) is 0 Å². The summed E-state index contributed by atoms with van der Waals surface area (Å²) in [5.41, 5.74) is 2.25. The summed E-state index contributed by atoms with van der Waals surface area (Å²) >= 11 is 12.0. The highest BCUT2D eigenvalue weighted by Gasteiger charge is 2.13. The summed E-state index contributed by atoms with van der Waals surface area (Å²) in [5, 5.41) is 0.896. The molecule has 0 aliphatic carbocycles. The van der Waals surface area contributed by atoms with Crippen LogP contribution in [0.5, 0.6) is 5.75 Å². The second kappa shape index (κ2) is 5.64. The Labute approximate surface area is 121 Å². The zero-order chi connectivity index (χ0) is 14.0. The zero-order valence-electron chi connectivity index (χ0n) is 10.5. The molecule has 0 N–H and O–H groups in total. The van der Waals surface area contributed by atoms with Gasteiger partial charge >= 0.3 is 5.97 Å². The molecule has 0 aliphatic heterocycles. The van der Waals surface area contributed by atoms with E-state index >= 15 is 0 Å². The van der Waals surface area contributed by atoms with Crippen molar-refractivity contribution in [2.24, 2.45) is 0 Å². The summed E-state index contributed by atoms with van der Waals surface area (Å²) in [6, 6.07) is 10.4. The first kappa shape index (κ1) is 13.9. The molecule has 2 nitrogen and oxygen atoms in total. The molecule has 2 rings (SSSR count). The fourth-order valence-electron chi connectivity index (χ4n) is 1.56. The number of carbonyl (C=O) groups excluding carboxylic acids is 1. The smallest absolute Gasteiger partial charge is 0.343 e. The molecule has 0 heterocycles. The highest BCUT2D eigenvalue weighted by atomic mass is 35.5. The van der Waals surface area contributed by atoms with Crippen molar-refractivity contribution in [2.45, 2.75) is 13.8 Å². The molecule has 0 radical (unpaired) electrons. The minimum atomic E-state index is -0.441. The van der Waals surface area contributed by atoms with Crippen LogP contribution in [0.1, 0.15) is 21.5 Å². The van der Waals surface area contributed by atoms with E-state index in [9.17, 15) is 4.79 Å². The quantitative estimate of drug-likeness (QED) is 0.586. The average molecular weight is 295 g/mol. The lowest BCUT2D eigenvalue weighted by molar-refractivity contribution is 0.0735. The van der Waals surface area contributed by atoms with Crippen molar-refractivity contribution >= 4 is 29.2 Å². The van der Waals surface area contributed by atoms with E-state index in [-0.39, 0.29) is 0 Å². The molecular weight excluding hydrogens is 283 g/mol. The number of hydrogen-bond donors (Lipinski definition) is 0. The maximum atomic E-state index is 12.0. The maximum Gasteiger partial charge on any atom is 0.343 e. The van der Waals surface area contributed by atoms with Crippen molar-refractivity contribution in [1.29, 1.82) is 0 Å². The Morgan fingerprint density at radius 1 is 1.00 bits per heavy atom. The first-order valence-corrected chi connectivity index (χ1v) is 6.48. The molecule has 19 heavy (non-hydrogen) atoms. The molecule has 0 spiro atoms. The van der Waals surface area contributed by atoms with E-state index in [0.717, 1.165) is 5.56 Å². The van der Waals surface area contributed by atoms with E-state index in [4.69, 9.17) is 27.9 Å². The fraction of sp³-hybridized carbons (Fsp3) is 0.133. The molecule has 2 aromatic rings. The molecule has 0 amide bonds. The van der Waals surface area contributed by atoms with Crippen LogP contribution >= 0.6 is 23.2 Å². The van der Waals surface area contributed by atoms with Gasteiger partial charge in [0.2, 0.25) is 0 Å². The van der Waals surface area contributed by atoms with Crippen LogP contribution in [0.3, 0.4) is 0 Å². The minimum Gasteiger partial charge on any atom is -0.421 e. The maximum absolute atomic E-state index is 12.0. The summed E-state index contributed by atoms with van der Waals surface area (Å²) in [6.07, 6.45) is 0. The average Bonchev–Trinajstić information content (AvgIpc) is 2.40. The standard InChI is InChI=1S/C15H12Cl2O2/c1-9-3-5-11(6-4-9)15(18)19-13-8-7-12(16)10(2)14(13)17/h3-8H,1-2H3. The Hall–Kier alpha value is -1.51. The molecule has 4 heteroatoms. The molecule has 98 valence electrons. The second-order valence-corrected chi connectivity index (χ2v) is 5.03. The Kier molecular flexibility index (Phi) is 4.13. The third kappa shape index (κ3) is 3.09. The first-order chi connectivity index (χ1) is 8.99. The van der Waals surface area contributed by atoms with Gasteiger partial charge in [0.05, 0.1) is 10.6 Å². The number of hydrogen-bond acceptors (Lipinski definition) is 2. The number of halogens is 2. The highest BCUT2D eigenvalue weighted by molar-refractivity contribution is 6.37. The number of benzene rings is 2. The van der Waals surface area contributed by atoms with Crippen molar-refractivity contribution in [3.05, 3.63) is 63.1 Å². The van der Waals surface area contributed by atoms with Crippen molar-refractivity contribution in [2.75, 3.05) is 0 Å². The van der Waals surface area contributed by atoms with Crippen LogP contribution in [0.15, 0.2) is 36.4 Å². The molecule has 0 aromatic heterocycles. The van der Waals surface area contributed by atoms with Crippen LogP contribution in [-0.2, 0) is 0 Å². The van der Waals surface area contributed by atoms with Gasteiger partial charge in [-0.25, -0.2) is 4.79 Å². The number of esters is 1. The van der Waals surface area contributed by atoms with Crippen LogP contribution in [0.4, 0.5) is 0 Å². The Bertz CT molecular complexity index is 619. The van der Waals surface area contributed by atoms with Crippen LogP contribution < -0.4 is 4.74 Å². The SMILES string of the molecule is Cc1ccc(C(=O)Oc2ccc(Cl)c(C)c2Cl)cc1. The normalized spacial score (nSPS) is 10.3. The molecule has 0 saturated carbocycles. The largest absolute Gasteiger partial charge is 0.421 e. The van der Waals surface area contributed by atoms with Crippen molar-refractivity contribution < 1.29 is 9.53 Å². The predicted octanol–water partition coefficient (Wildman–Crippen LogP) is 4.83. The molecule has 2 aromatic carbocycles. The van der Waals surface area contributed by atoms with Gasteiger partial charge in [-0.1, -0.05) is 40.9 Å². The summed E-state index contributed by atoms with van der Waals surface area (Å²) < 4.78 is 5.28. The van der Waals surface area contributed by atoms with Crippen LogP contribution in [0.25, 0.3) is 0 Å². The van der Waals surface area contributed by atoms with Crippen molar-refractivity contribution in [3.63, 3.8) is 0 Å². The molecule has 0 saturated heterocycles. The van der Waals surface area contributed by atoms with Crippen molar-refractivity contribution in [3.8, 4) is 5.75 Å². The topological polar surface area (TPSA) is 26.3 Å². The van der Waals surface area contributed by atoms with Gasteiger partial charge in [-0.2, -0.15) is 0 Å². The van der Waals surface area contributed by atoms with Crippen molar-refractivity contribution in [1.82, 2.24) is 0 Å². The van der Waals surface area contributed by atoms with Gasteiger partial charge in [-0.15, -0.1) is 0 Å². The predicted molar refractivity (Wildman–Crippen MR) is 77.3 cm³/mol. The molecule has 0 atom stereocenters. The lowest BCUT2D eigenvalue weighted by atomic mass is 10.1. The minimum absolute atomic E-state index is 0.314. The van der Waals surface area contributed by atoms with Gasteiger partial charge in [0.25, 0.3) is 0 Å². The fourth-order valence-corrected chi connectivity index (χ4v) is 1.97. The molecule has 0 aliphatic rings. The summed E-state index contributed by atoms with van der Waals surface area (Å²) in [4.78, 5) is 12.0. The van der Waals surface area contributed by atoms with E-state index in [1.807, 2.05) is 19.1 Å². The van der Waals surface area contributed by atoms with Gasteiger partial charge in [0, 0.05) is 5.02 Å². The van der Waals surface area contributed by atoms with E-state index in [0.29, 0.717) is 26.9 Å². The van der Waals surface area contributed by atoms with Gasteiger partial charge in [0.1, 0.15) is 5.75 Å². The van der Waals surface area contributed by atoms with E-state index in [1.54, 1.807) is 31.2 Å². The highest BCUT2D eigenvalue weighted by Crippen LogP contribution is 2.33. The second-order valence-electron chi connectivity index (χ2n) is 4.24. The monoisotopic (exact) mass is 294 g/mol. The lowest BCUT2D eigenvalue weighted by Gasteiger charge is -2.09. The molecular formula is C15H12Cl2O2. The van der Waals surface area contributed by atoms with Gasteiger partial charge in [0.15, 0.2) is 0 Å². The molecule has 0 fully saturated rings. The summed E-state index contributed by atoms with van der Waals surface area (Å²) in [5.74, 6) is -0.127. The van der Waals surface area contributed by atoms with Gasteiger partial charge < -0.3 is 4.74 Å². The van der Waals surface area contributed by atoms with E-state index < -0.39 is 5.97 Å². The third-order valence-electron chi connectivity index (χ3n) is 2.77. The number of carbonyl (C=O) groups is 1. The lowest BCUT2D eigenvalue weighted by Crippen LogP contribution is -2.08.